The molecule has 2 fully saturated rings. The van der Waals surface area contributed by atoms with Crippen LogP contribution in [0, 0.1) is 5.41 Å². The maximum Gasteiger partial charge on any atom is 0.0443 e. The van der Waals surface area contributed by atoms with Gasteiger partial charge in [-0.25, -0.2) is 0 Å². The van der Waals surface area contributed by atoms with E-state index in [-0.39, 0.29) is 0 Å². The highest BCUT2D eigenvalue weighted by molar-refractivity contribution is 4.96. The zero-order chi connectivity index (χ0) is 10.0. The molecule has 0 atom stereocenters. The monoisotopic (exact) mass is 198 g/mol. The molecule has 14 heavy (non-hydrogen) atoms. The van der Waals surface area contributed by atoms with Crippen LogP contribution in [-0.4, -0.2) is 61.3 Å². The molecule has 0 aromatic carbocycles. The first-order valence-corrected chi connectivity index (χ1v) is 5.76. The smallest absolute Gasteiger partial charge is 0.0443 e. The summed E-state index contributed by atoms with van der Waals surface area (Å²) in [7, 11) is 2.21. The van der Waals surface area contributed by atoms with Gasteiger partial charge in [-0.3, -0.25) is 0 Å². The van der Waals surface area contributed by atoms with Crippen LogP contribution in [0.3, 0.4) is 0 Å². The van der Waals surface area contributed by atoms with Crippen molar-refractivity contribution in [3.8, 4) is 0 Å². The lowest BCUT2D eigenvalue weighted by atomic mass is 9.72. The fourth-order valence-electron chi connectivity index (χ4n) is 2.96. The van der Waals surface area contributed by atoms with Crippen LogP contribution in [0.4, 0.5) is 0 Å². The van der Waals surface area contributed by atoms with E-state index in [1.54, 1.807) is 0 Å². The van der Waals surface area contributed by atoms with Crippen molar-refractivity contribution in [2.45, 2.75) is 19.3 Å². The molecule has 2 heterocycles. The second kappa shape index (κ2) is 4.17. The summed E-state index contributed by atoms with van der Waals surface area (Å²) in [4.78, 5) is 4.92. The minimum absolute atomic E-state index is 0.338. The van der Waals surface area contributed by atoms with E-state index in [2.05, 4.69) is 16.8 Å². The molecule has 0 aliphatic carbocycles. The molecule has 2 aliphatic rings. The van der Waals surface area contributed by atoms with Crippen molar-refractivity contribution in [1.82, 2.24) is 9.80 Å². The molecule has 1 N–H and O–H groups in total. The third kappa shape index (κ3) is 2.10. The third-order valence-electron chi connectivity index (χ3n) is 3.76. The average molecular weight is 198 g/mol. The average Bonchev–Trinajstić information content (AvgIpc) is 2.15. The van der Waals surface area contributed by atoms with E-state index in [1.165, 1.54) is 39.0 Å². The Kier molecular flexibility index (Phi) is 3.10. The fourth-order valence-corrected chi connectivity index (χ4v) is 2.96. The molecule has 0 aromatic rings. The van der Waals surface area contributed by atoms with Gasteiger partial charge in [0.05, 0.1) is 0 Å². The highest BCUT2D eigenvalue weighted by atomic mass is 16.3. The summed E-state index contributed by atoms with van der Waals surface area (Å²) in [6, 6.07) is 0. The number of nitrogens with zero attached hydrogens (tertiary/aromatic N) is 2. The van der Waals surface area contributed by atoms with Gasteiger partial charge in [-0.2, -0.15) is 0 Å². The van der Waals surface area contributed by atoms with E-state index >= 15 is 0 Å². The summed E-state index contributed by atoms with van der Waals surface area (Å²) in [5, 5.41) is 8.76. The minimum Gasteiger partial charge on any atom is -0.396 e. The zero-order valence-electron chi connectivity index (χ0n) is 9.21. The summed E-state index contributed by atoms with van der Waals surface area (Å²) in [5.74, 6) is 0. The Morgan fingerprint density at radius 3 is 2.36 bits per heavy atom. The first kappa shape index (κ1) is 10.4. The standard InChI is InChI=1S/C11H22N2O/c1-12-9-11(10-12)3-6-13(7-4-11)5-2-8-14/h14H,2-10H2,1H3. The molecule has 82 valence electrons. The minimum atomic E-state index is 0.338. The van der Waals surface area contributed by atoms with Crippen LogP contribution in [0.1, 0.15) is 19.3 Å². The van der Waals surface area contributed by atoms with Gasteiger partial charge in [-0.1, -0.05) is 0 Å². The van der Waals surface area contributed by atoms with Crippen molar-refractivity contribution < 1.29 is 5.11 Å². The second-order valence-electron chi connectivity index (χ2n) is 5.09. The third-order valence-corrected chi connectivity index (χ3v) is 3.76. The molecular formula is C11H22N2O. The Morgan fingerprint density at radius 1 is 1.21 bits per heavy atom. The molecule has 3 heteroatoms. The number of likely N-dealkylation sites (tertiary alicyclic amines) is 2. The van der Waals surface area contributed by atoms with Gasteiger partial charge in [0.25, 0.3) is 0 Å². The van der Waals surface area contributed by atoms with E-state index in [4.69, 9.17) is 5.11 Å². The largest absolute Gasteiger partial charge is 0.396 e. The SMILES string of the molecule is CN1CC2(CCN(CCCO)CC2)C1. The maximum atomic E-state index is 8.76. The van der Waals surface area contributed by atoms with Gasteiger partial charge in [0, 0.05) is 26.2 Å². The van der Waals surface area contributed by atoms with Crippen molar-refractivity contribution in [2.75, 3.05) is 46.4 Å². The van der Waals surface area contributed by atoms with E-state index in [0.29, 0.717) is 12.0 Å². The number of hydrogen-bond acceptors (Lipinski definition) is 3. The fraction of sp³-hybridized carbons (Fsp3) is 1.00. The highest BCUT2D eigenvalue weighted by Crippen LogP contribution is 2.39. The maximum absolute atomic E-state index is 8.76. The van der Waals surface area contributed by atoms with Gasteiger partial charge in [0.1, 0.15) is 0 Å². The van der Waals surface area contributed by atoms with Gasteiger partial charge in [0.2, 0.25) is 0 Å². The molecular weight excluding hydrogens is 176 g/mol. The predicted molar refractivity (Wildman–Crippen MR) is 57.3 cm³/mol. The van der Waals surface area contributed by atoms with Crippen molar-refractivity contribution in [3.05, 3.63) is 0 Å². The number of aliphatic hydroxyl groups excluding tert-OH is 1. The number of hydrogen-bond donors (Lipinski definition) is 1. The Labute approximate surface area is 86.7 Å². The van der Waals surface area contributed by atoms with Crippen LogP contribution in [-0.2, 0) is 0 Å². The lowest BCUT2D eigenvalue weighted by Crippen LogP contribution is -2.58. The molecule has 1 spiro atoms. The Bertz CT molecular complexity index is 180. The van der Waals surface area contributed by atoms with Crippen LogP contribution >= 0.6 is 0 Å². The summed E-state index contributed by atoms with van der Waals surface area (Å²) < 4.78 is 0. The number of rotatable bonds is 3. The van der Waals surface area contributed by atoms with Crippen molar-refractivity contribution in [1.29, 1.82) is 0 Å². The molecule has 0 aromatic heterocycles. The summed E-state index contributed by atoms with van der Waals surface area (Å²) in [6.07, 6.45) is 3.67. The predicted octanol–water partition coefficient (Wildman–Crippen LogP) is 0.396. The van der Waals surface area contributed by atoms with Gasteiger partial charge in [-0.05, 0) is 44.8 Å². The second-order valence-corrected chi connectivity index (χ2v) is 5.09. The quantitative estimate of drug-likeness (QED) is 0.711. The van der Waals surface area contributed by atoms with Gasteiger partial charge >= 0.3 is 0 Å². The van der Waals surface area contributed by atoms with Crippen LogP contribution in [0.2, 0.25) is 0 Å². The number of aliphatic hydroxyl groups is 1. The summed E-state index contributed by atoms with van der Waals surface area (Å²) >= 11 is 0. The Balaban J connectivity index is 1.70. The van der Waals surface area contributed by atoms with Crippen molar-refractivity contribution in [2.24, 2.45) is 5.41 Å². The van der Waals surface area contributed by atoms with Gasteiger partial charge in [-0.15, -0.1) is 0 Å². The molecule has 2 saturated heterocycles. The van der Waals surface area contributed by atoms with Gasteiger partial charge < -0.3 is 14.9 Å². The molecule has 2 aliphatic heterocycles. The molecule has 0 bridgehead atoms. The van der Waals surface area contributed by atoms with E-state index in [1.807, 2.05) is 0 Å². The van der Waals surface area contributed by atoms with Crippen LogP contribution in [0.5, 0.6) is 0 Å². The van der Waals surface area contributed by atoms with E-state index < -0.39 is 0 Å². The van der Waals surface area contributed by atoms with E-state index in [9.17, 15) is 0 Å². The van der Waals surface area contributed by atoms with Crippen molar-refractivity contribution >= 4 is 0 Å². The van der Waals surface area contributed by atoms with Crippen molar-refractivity contribution in [3.63, 3.8) is 0 Å². The first-order chi connectivity index (χ1) is 6.74. The molecule has 2 rings (SSSR count). The Morgan fingerprint density at radius 2 is 1.86 bits per heavy atom. The van der Waals surface area contributed by atoms with Crippen LogP contribution in [0.25, 0.3) is 0 Å². The van der Waals surface area contributed by atoms with Gasteiger partial charge in [0.15, 0.2) is 0 Å². The molecule has 0 unspecified atom stereocenters. The molecule has 3 nitrogen and oxygen atoms in total. The number of piperidine rings is 1. The topological polar surface area (TPSA) is 26.7 Å². The lowest BCUT2D eigenvalue weighted by Gasteiger charge is -2.53. The normalized spacial score (nSPS) is 27.9. The highest BCUT2D eigenvalue weighted by Gasteiger charge is 2.42. The summed E-state index contributed by atoms with van der Waals surface area (Å²) in [6.45, 7) is 6.52. The van der Waals surface area contributed by atoms with Crippen LogP contribution < -0.4 is 0 Å². The van der Waals surface area contributed by atoms with E-state index in [0.717, 1.165) is 13.0 Å². The summed E-state index contributed by atoms with van der Waals surface area (Å²) in [5.41, 5.74) is 0.671. The lowest BCUT2D eigenvalue weighted by molar-refractivity contribution is -0.0319. The molecule has 0 radical (unpaired) electrons. The molecule has 0 saturated carbocycles. The first-order valence-electron chi connectivity index (χ1n) is 5.76. The molecule has 0 amide bonds. The van der Waals surface area contributed by atoms with Crippen LogP contribution in [0.15, 0.2) is 0 Å². The zero-order valence-corrected chi connectivity index (χ0v) is 9.21. The Hall–Kier alpha value is -0.120.